The molecule has 0 radical (unpaired) electrons. The highest BCUT2D eigenvalue weighted by Crippen LogP contribution is 2.19. The van der Waals surface area contributed by atoms with Gasteiger partial charge in [-0.25, -0.2) is 0 Å². The maximum atomic E-state index is 5.12. The van der Waals surface area contributed by atoms with E-state index >= 15 is 0 Å². The Bertz CT molecular complexity index is 84.1. The lowest BCUT2D eigenvalue weighted by atomic mass is 9.94. The SMILES string of the molecule is CC.CCNC1(CC)COC1. The van der Waals surface area contributed by atoms with E-state index in [0.717, 1.165) is 19.8 Å². The number of hydrogen-bond donors (Lipinski definition) is 1. The maximum Gasteiger partial charge on any atom is 0.0671 e. The quantitative estimate of drug-likeness (QED) is 0.678. The fraction of sp³-hybridized carbons (Fsp3) is 1.00. The molecule has 0 spiro atoms. The Hall–Kier alpha value is -0.0800. The zero-order chi connectivity index (χ0) is 8.74. The lowest BCUT2D eigenvalue weighted by Gasteiger charge is -2.41. The van der Waals surface area contributed by atoms with Gasteiger partial charge in [-0.2, -0.15) is 0 Å². The molecular formula is C9H21NO. The van der Waals surface area contributed by atoms with Crippen LogP contribution < -0.4 is 5.32 Å². The van der Waals surface area contributed by atoms with Gasteiger partial charge in [-0.1, -0.05) is 27.7 Å². The molecule has 2 nitrogen and oxygen atoms in total. The van der Waals surface area contributed by atoms with E-state index < -0.39 is 0 Å². The fourth-order valence-electron chi connectivity index (χ4n) is 1.15. The van der Waals surface area contributed by atoms with Crippen LogP contribution in [0.15, 0.2) is 0 Å². The van der Waals surface area contributed by atoms with E-state index in [4.69, 9.17) is 4.74 Å². The number of hydrogen-bond acceptors (Lipinski definition) is 2. The van der Waals surface area contributed by atoms with Crippen molar-refractivity contribution in [2.75, 3.05) is 19.8 Å². The Kier molecular flexibility index (Phi) is 5.51. The molecule has 1 saturated heterocycles. The minimum atomic E-state index is 0.342. The molecule has 0 aromatic heterocycles. The number of ether oxygens (including phenoxy) is 1. The topological polar surface area (TPSA) is 21.3 Å². The molecular weight excluding hydrogens is 138 g/mol. The molecule has 1 rings (SSSR count). The summed E-state index contributed by atoms with van der Waals surface area (Å²) in [6.07, 6.45) is 1.18. The predicted molar refractivity (Wildman–Crippen MR) is 48.9 cm³/mol. The first kappa shape index (κ1) is 10.9. The van der Waals surface area contributed by atoms with Crippen LogP contribution >= 0.6 is 0 Å². The second kappa shape index (κ2) is 5.56. The molecule has 1 aliphatic heterocycles. The first-order valence-corrected chi connectivity index (χ1v) is 4.66. The molecule has 0 saturated carbocycles. The molecule has 0 unspecified atom stereocenters. The molecule has 68 valence electrons. The highest BCUT2D eigenvalue weighted by Gasteiger charge is 2.35. The number of rotatable bonds is 3. The molecule has 0 amide bonds. The van der Waals surface area contributed by atoms with Gasteiger partial charge in [0.15, 0.2) is 0 Å². The molecule has 1 heterocycles. The van der Waals surface area contributed by atoms with Gasteiger partial charge in [0, 0.05) is 0 Å². The van der Waals surface area contributed by atoms with Crippen LogP contribution in [-0.2, 0) is 4.74 Å². The highest BCUT2D eigenvalue weighted by molar-refractivity contribution is 4.92. The summed E-state index contributed by atoms with van der Waals surface area (Å²) < 4.78 is 5.12. The van der Waals surface area contributed by atoms with Crippen LogP contribution in [0.4, 0.5) is 0 Å². The van der Waals surface area contributed by atoms with Gasteiger partial charge in [0.2, 0.25) is 0 Å². The predicted octanol–water partition coefficient (Wildman–Crippen LogP) is 1.80. The number of nitrogens with one attached hydrogen (secondary N) is 1. The summed E-state index contributed by atoms with van der Waals surface area (Å²) in [6.45, 7) is 11.2. The van der Waals surface area contributed by atoms with E-state index in [1.807, 2.05) is 13.8 Å². The van der Waals surface area contributed by atoms with Crippen molar-refractivity contribution in [3.05, 3.63) is 0 Å². The molecule has 0 aromatic carbocycles. The van der Waals surface area contributed by atoms with Crippen molar-refractivity contribution in [1.82, 2.24) is 5.32 Å². The zero-order valence-electron chi connectivity index (χ0n) is 8.24. The normalized spacial score (nSPS) is 19.6. The zero-order valence-corrected chi connectivity index (χ0v) is 8.24. The van der Waals surface area contributed by atoms with Crippen LogP contribution in [0, 0.1) is 0 Å². The van der Waals surface area contributed by atoms with Gasteiger partial charge in [0.25, 0.3) is 0 Å². The second-order valence-corrected chi connectivity index (χ2v) is 2.66. The standard InChI is InChI=1S/C7H15NO.C2H6/c1-3-7(8-4-2)5-9-6-7;1-2/h8H,3-6H2,1-2H3;1-2H3. The van der Waals surface area contributed by atoms with Crippen molar-refractivity contribution in [1.29, 1.82) is 0 Å². The minimum absolute atomic E-state index is 0.342. The van der Waals surface area contributed by atoms with E-state index in [9.17, 15) is 0 Å². The van der Waals surface area contributed by atoms with Crippen molar-refractivity contribution in [3.8, 4) is 0 Å². The molecule has 0 bridgehead atoms. The largest absolute Gasteiger partial charge is 0.377 e. The monoisotopic (exact) mass is 159 g/mol. The molecule has 1 aliphatic rings. The Morgan fingerprint density at radius 3 is 1.91 bits per heavy atom. The van der Waals surface area contributed by atoms with Crippen molar-refractivity contribution < 1.29 is 4.74 Å². The summed E-state index contributed by atoms with van der Waals surface area (Å²) in [4.78, 5) is 0. The minimum Gasteiger partial charge on any atom is -0.377 e. The van der Waals surface area contributed by atoms with Crippen LogP contribution in [0.2, 0.25) is 0 Å². The van der Waals surface area contributed by atoms with Crippen molar-refractivity contribution in [2.45, 2.75) is 39.7 Å². The molecule has 11 heavy (non-hydrogen) atoms. The molecule has 2 heteroatoms. The third-order valence-corrected chi connectivity index (χ3v) is 1.99. The summed E-state index contributed by atoms with van der Waals surface area (Å²) in [5.74, 6) is 0. The van der Waals surface area contributed by atoms with Gasteiger partial charge in [0.05, 0.1) is 18.8 Å². The first-order valence-electron chi connectivity index (χ1n) is 4.66. The molecule has 0 aliphatic carbocycles. The first-order chi connectivity index (χ1) is 5.33. The van der Waals surface area contributed by atoms with Crippen LogP contribution in [0.1, 0.15) is 34.1 Å². The van der Waals surface area contributed by atoms with Crippen LogP contribution in [0.3, 0.4) is 0 Å². The van der Waals surface area contributed by atoms with Gasteiger partial charge in [-0.15, -0.1) is 0 Å². The van der Waals surface area contributed by atoms with E-state index in [-0.39, 0.29) is 0 Å². The summed E-state index contributed by atoms with van der Waals surface area (Å²) in [7, 11) is 0. The van der Waals surface area contributed by atoms with Gasteiger partial charge in [-0.05, 0) is 13.0 Å². The average Bonchev–Trinajstić information content (AvgIpc) is 2.01. The smallest absolute Gasteiger partial charge is 0.0671 e. The lowest BCUT2D eigenvalue weighted by molar-refractivity contribution is -0.0751. The Labute approximate surface area is 70.3 Å². The van der Waals surface area contributed by atoms with E-state index in [2.05, 4.69) is 19.2 Å². The highest BCUT2D eigenvalue weighted by atomic mass is 16.5. The second-order valence-electron chi connectivity index (χ2n) is 2.66. The summed E-state index contributed by atoms with van der Waals surface area (Å²) in [5, 5.41) is 3.42. The van der Waals surface area contributed by atoms with E-state index in [1.165, 1.54) is 6.42 Å². The van der Waals surface area contributed by atoms with Crippen LogP contribution in [0.5, 0.6) is 0 Å². The Morgan fingerprint density at radius 2 is 1.82 bits per heavy atom. The average molecular weight is 159 g/mol. The molecule has 1 fully saturated rings. The van der Waals surface area contributed by atoms with Crippen LogP contribution in [0.25, 0.3) is 0 Å². The number of likely N-dealkylation sites (N-methyl/N-ethyl adjacent to an activating group) is 1. The summed E-state index contributed by atoms with van der Waals surface area (Å²) in [6, 6.07) is 0. The molecule has 0 atom stereocenters. The third-order valence-electron chi connectivity index (χ3n) is 1.99. The van der Waals surface area contributed by atoms with Gasteiger partial charge in [-0.3, -0.25) is 0 Å². The van der Waals surface area contributed by atoms with Crippen LogP contribution in [-0.4, -0.2) is 25.3 Å². The van der Waals surface area contributed by atoms with Crippen molar-refractivity contribution in [2.24, 2.45) is 0 Å². The molecule has 0 aromatic rings. The fourth-order valence-corrected chi connectivity index (χ4v) is 1.15. The maximum absolute atomic E-state index is 5.12. The molecule has 1 N–H and O–H groups in total. The summed E-state index contributed by atoms with van der Waals surface area (Å²) >= 11 is 0. The van der Waals surface area contributed by atoms with E-state index in [1.54, 1.807) is 0 Å². The lowest BCUT2D eigenvalue weighted by Crippen LogP contribution is -2.59. The Balaban J connectivity index is 0.000000461. The van der Waals surface area contributed by atoms with E-state index in [0.29, 0.717) is 5.54 Å². The Morgan fingerprint density at radius 1 is 1.27 bits per heavy atom. The van der Waals surface area contributed by atoms with Gasteiger partial charge < -0.3 is 10.1 Å². The van der Waals surface area contributed by atoms with Crippen molar-refractivity contribution in [3.63, 3.8) is 0 Å². The van der Waals surface area contributed by atoms with Crippen molar-refractivity contribution >= 4 is 0 Å². The van der Waals surface area contributed by atoms with Gasteiger partial charge >= 0.3 is 0 Å². The van der Waals surface area contributed by atoms with Gasteiger partial charge in [0.1, 0.15) is 0 Å². The summed E-state index contributed by atoms with van der Waals surface area (Å²) in [5.41, 5.74) is 0.342. The third kappa shape index (κ3) is 2.80.